The lowest BCUT2D eigenvalue weighted by Gasteiger charge is -2.16. The van der Waals surface area contributed by atoms with E-state index in [2.05, 4.69) is 31.1 Å². The highest BCUT2D eigenvalue weighted by Gasteiger charge is 2.27. The smallest absolute Gasteiger partial charge is 0.258 e. The largest absolute Gasteiger partial charge is 0.490 e. The van der Waals surface area contributed by atoms with Crippen LogP contribution in [0, 0.1) is 0 Å². The molecule has 14 nitrogen and oxygen atoms in total. The Labute approximate surface area is 334 Å². The number of para-hydroxylation sites is 2. The fraction of sp³-hybridized carbons (Fsp3) is 0.300. The van der Waals surface area contributed by atoms with Gasteiger partial charge >= 0.3 is 0 Å². The van der Waals surface area contributed by atoms with Gasteiger partial charge in [0, 0.05) is 5.56 Å². The molecule has 4 rings (SSSR count). The number of carbonyl (C=O) groups is 4. The third-order valence-electron chi connectivity index (χ3n) is 7.68. The first-order valence-electron chi connectivity index (χ1n) is 17.7. The van der Waals surface area contributed by atoms with E-state index in [0.717, 1.165) is 0 Å². The second-order valence-electron chi connectivity index (χ2n) is 11.8. The molecule has 0 aliphatic rings. The van der Waals surface area contributed by atoms with Crippen LogP contribution in [0.25, 0.3) is 11.1 Å². The van der Waals surface area contributed by atoms with Crippen molar-refractivity contribution in [1.29, 1.82) is 0 Å². The van der Waals surface area contributed by atoms with Crippen LogP contribution in [-0.2, 0) is 19.2 Å². The van der Waals surface area contributed by atoms with Gasteiger partial charge in [0.15, 0.2) is 34.6 Å². The van der Waals surface area contributed by atoms with Crippen molar-refractivity contribution in [3.8, 4) is 34.1 Å². The van der Waals surface area contributed by atoms with E-state index in [1.165, 1.54) is 26.0 Å². The van der Waals surface area contributed by atoms with E-state index in [0.29, 0.717) is 77.6 Å². The Morgan fingerprint density at radius 2 is 1.00 bits per heavy atom. The van der Waals surface area contributed by atoms with Crippen molar-refractivity contribution in [2.45, 2.75) is 53.6 Å². The molecule has 0 bridgehead atoms. The molecule has 2 amide bonds. The molecular weight excluding hydrogens is 763 g/mol. The normalized spacial score (nSPS) is 12.2. The highest BCUT2D eigenvalue weighted by atomic mass is 35.5. The van der Waals surface area contributed by atoms with Gasteiger partial charge in [-0.15, -0.1) is 0 Å². The second-order valence-corrected chi connectivity index (χ2v) is 12.6. The van der Waals surface area contributed by atoms with Crippen LogP contribution in [0.3, 0.4) is 0 Å². The Morgan fingerprint density at radius 1 is 0.589 bits per heavy atom. The van der Waals surface area contributed by atoms with Crippen molar-refractivity contribution in [3.05, 3.63) is 82.8 Å². The zero-order valence-corrected chi connectivity index (χ0v) is 33.2. The Bertz CT molecular complexity index is 2090. The predicted molar refractivity (Wildman–Crippen MR) is 215 cm³/mol. The monoisotopic (exact) mass is 804 g/mol. The van der Waals surface area contributed by atoms with Gasteiger partial charge in [0.25, 0.3) is 11.8 Å². The number of halogens is 2. The third-order valence-corrected chi connectivity index (χ3v) is 8.27. The molecular formula is C40H42Cl2N6O8. The summed E-state index contributed by atoms with van der Waals surface area (Å²) in [6.45, 7) is 11.2. The number of benzene rings is 4. The molecule has 0 heterocycles. The molecule has 2 atom stereocenters. The van der Waals surface area contributed by atoms with Crippen molar-refractivity contribution in [2.24, 2.45) is 20.5 Å². The molecule has 0 spiro atoms. The van der Waals surface area contributed by atoms with Crippen LogP contribution in [-0.4, -0.2) is 61.9 Å². The Hall–Kier alpha value is -5.86. The number of nitrogens with zero attached hydrogens (tertiary/aromatic N) is 4. The standard InChI is InChI=1S/C40H42Cl2N6O8/c1-7-53-32-15-11-13-30(37(32)55-9-3)43-39(51)35(23(5)49)47-45-26-19-17-25(18-20-26)34-28(41)21-27(22-29(34)42)46-48-36(24(6)50)40(52)44-31-14-12-16-33(54-8-2)38(31)56-10-4/h11-22,35-36H,7-10H2,1-6H3,(H,43,51)(H,44,52). The van der Waals surface area contributed by atoms with Gasteiger partial charge in [0.1, 0.15) is 0 Å². The molecule has 4 aromatic carbocycles. The fourth-order valence-corrected chi connectivity index (χ4v) is 5.92. The summed E-state index contributed by atoms with van der Waals surface area (Å²) in [4.78, 5) is 51.3. The lowest BCUT2D eigenvalue weighted by molar-refractivity contribution is -0.127. The molecule has 294 valence electrons. The van der Waals surface area contributed by atoms with Gasteiger partial charge in [-0.3, -0.25) is 19.2 Å². The summed E-state index contributed by atoms with van der Waals surface area (Å²) in [5.74, 6) is -0.918. The summed E-state index contributed by atoms with van der Waals surface area (Å²) in [7, 11) is 0. The number of carbonyl (C=O) groups excluding carboxylic acids is 4. The Balaban J connectivity index is 1.49. The molecule has 0 fully saturated rings. The number of azo groups is 2. The van der Waals surface area contributed by atoms with E-state index in [1.807, 2.05) is 13.8 Å². The molecule has 2 unspecified atom stereocenters. The number of amides is 2. The molecule has 0 saturated heterocycles. The van der Waals surface area contributed by atoms with Gasteiger partial charge in [-0.25, -0.2) is 0 Å². The molecule has 0 radical (unpaired) electrons. The number of nitrogens with one attached hydrogen (secondary N) is 2. The quantitative estimate of drug-likeness (QED) is 0.0695. The van der Waals surface area contributed by atoms with Gasteiger partial charge in [0.05, 0.1) is 59.2 Å². The van der Waals surface area contributed by atoms with Crippen LogP contribution in [0.1, 0.15) is 41.5 Å². The van der Waals surface area contributed by atoms with Crippen molar-refractivity contribution in [2.75, 3.05) is 37.1 Å². The van der Waals surface area contributed by atoms with Crippen LogP contribution in [0.4, 0.5) is 22.7 Å². The van der Waals surface area contributed by atoms with Crippen molar-refractivity contribution in [3.63, 3.8) is 0 Å². The summed E-state index contributed by atoms with van der Waals surface area (Å²) in [6.07, 6.45) is 0. The number of hydrogen-bond donors (Lipinski definition) is 2. The van der Waals surface area contributed by atoms with Crippen LogP contribution >= 0.6 is 23.2 Å². The minimum atomic E-state index is -1.48. The third kappa shape index (κ3) is 11.1. The number of hydrogen-bond acceptors (Lipinski definition) is 12. The summed E-state index contributed by atoms with van der Waals surface area (Å²) >= 11 is 13.3. The zero-order valence-electron chi connectivity index (χ0n) is 31.7. The van der Waals surface area contributed by atoms with Crippen LogP contribution in [0.15, 0.2) is 93.3 Å². The number of ketones is 2. The lowest BCUT2D eigenvalue weighted by atomic mass is 10.0. The van der Waals surface area contributed by atoms with E-state index in [4.69, 9.17) is 42.1 Å². The van der Waals surface area contributed by atoms with Gasteiger partial charge in [-0.1, -0.05) is 47.5 Å². The van der Waals surface area contributed by atoms with Gasteiger partial charge in [-0.05, 0) is 95.6 Å². The van der Waals surface area contributed by atoms with E-state index < -0.39 is 35.5 Å². The van der Waals surface area contributed by atoms with Gasteiger partial charge in [-0.2, -0.15) is 20.5 Å². The maximum absolute atomic E-state index is 13.2. The molecule has 0 aliphatic heterocycles. The summed E-state index contributed by atoms with van der Waals surface area (Å²) in [6, 6.07) is 16.7. The highest BCUT2D eigenvalue weighted by Crippen LogP contribution is 2.40. The second kappa shape index (κ2) is 20.7. The minimum Gasteiger partial charge on any atom is -0.490 e. The minimum absolute atomic E-state index is 0.202. The topological polar surface area (TPSA) is 179 Å². The summed E-state index contributed by atoms with van der Waals surface area (Å²) in [5, 5.41) is 22.1. The summed E-state index contributed by atoms with van der Waals surface area (Å²) in [5.41, 5.74) is 2.28. The molecule has 4 aromatic rings. The first-order chi connectivity index (χ1) is 26.9. The predicted octanol–water partition coefficient (Wildman–Crippen LogP) is 9.62. The first kappa shape index (κ1) is 42.9. The number of Topliss-reactive ketones (excluding diaryl/α,β-unsaturated/α-hetero) is 2. The molecule has 2 N–H and O–H groups in total. The number of rotatable bonds is 19. The summed E-state index contributed by atoms with van der Waals surface area (Å²) < 4.78 is 22.6. The SMILES string of the molecule is CCOc1cccc(NC(=O)C(N=Nc2ccc(-c3c(Cl)cc(N=NC(C(C)=O)C(=O)Nc4cccc(OCC)c4OCC)cc3Cl)cc2)C(C)=O)c1OCC. The van der Waals surface area contributed by atoms with Crippen LogP contribution in [0.5, 0.6) is 23.0 Å². The maximum atomic E-state index is 13.2. The number of anilines is 2. The van der Waals surface area contributed by atoms with Crippen molar-refractivity contribution in [1.82, 2.24) is 0 Å². The zero-order chi connectivity index (χ0) is 40.8. The van der Waals surface area contributed by atoms with Crippen molar-refractivity contribution < 1.29 is 38.1 Å². The van der Waals surface area contributed by atoms with Crippen molar-refractivity contribution >= 4 is 69.3 Å². The highest BCUT2D eigenvalue weighted by molar-refractivity contribution is 6.39. The van der Waals surface area contributed by atoms with E-state index in [9.17, 15) is 19.2 Å². The van der Waals surface area contributed by atoms with Gasteiger partial charge in [0.2, 0.25) is 12.1 Å². The molecule has 0 aliphatic carbocycles. The van der Waals surface area contributed by atoms with Crippen LogP contribution in [0.2, 0.25) is 10.0 Å². The Kier molecular flexibility index (Phi) is 15.9. The van der Waals surface area contributed by atoms with E-state index in [1.54, 1.807) is 74.5 Å². The fourth-order valence-electron chi connectivity index (χ4n) is 5.23. The average molecular weight is 806 g/mol. The van der Waals surface area contributed by atoms with E-state index >= 15 is 0 Å². The average Bonchev–Trinajstić information content (AvgIpc) is 3.14. The molecule has 16 heteroatoms. The lowest BCUT2D eigenvalue weighted by Crippen LogP contribution is -2.32. The van der Waals surface area contributed by atoms with Crippen LogP contribution < -0.4 is 29.6 Å². The molecule has 56 heavy (non-hydrogen) atoms. The van der Waals surface area contributed by atoms with E-state index in [-0.39, 0.29) is 15.7 Å². The Morgan fingerprint density at radius 3 is 1.39 bits per heavy atom. The first-order valence-corrected chi connectivity index (χ1v) is 18.5. The number of ether oxygens (including phenoxy) is 4. The maximum Gasteiger partial charge on any atom is 0.258 e. The molecule has 0 saturated carbocycles. The van der Waals surface area contributed by atoms with Gasteiger partial charge < -0.3 is 29.6 Å². The molecule has 0 aromatic heterocycles.